The fraction of sp³-hybridized carbons (Fsp3) is 0.455. The molecular weight excluding hydrogens is 241 g/mol. The van der Waals surface area contributed by atoms with Gasteiger partial charge in [-0.25, -0.2) is 0 Å². The largest absolute Gasteiger partial charge is 0.417 e. The third-order valence-electron chi connectivity index (χ3n) is 2.99. The Labute approximate surface area is 95.8 Å². The molecule has 1 N–H and O–H groups in total. The molecule has 0 heterocycles. The van der Waals surface area contributed by atoms with Crippen LogP contribution in [0.5, 0.6) is 0 Å². The molecule has 0 atom stereocenters. The second kappa shape index (κ2) is 3.64. The summed E-state index contributed by atoms with van der Waals surface area (Å²) in [4.78, 5) is 0. The van der Waals surface area contributed by atoms with Crippen LogP contribution in [0.1, 0.15) is 30.4 Å². The maximum Gasteiger partial charge on any atom is 0.417 e. The summed E-state index contributed by atoms with van der Waals surface area (Å²) in [5.41, 5.74) is -1.86. The summed E-state index contributed by atoms with van der Waals surface area (Å²) in [7, 11) is 0. The Bertz CT molecular complexity index is 410. The zero-order valence-electron chi connectivity index (χ0n) is 8.31. The summed E-state index contributed by atoms with van der Waals surface area (Å²) >= 11 is 5.71. The van der Waals surface area contributed by atoms with Crippen LogP contribution >= 0.6 is 11.6 Å². The smallest absolute Gasteiger partial charge is 0.385 e. The molecule has 5 heteroatoms. The van der Waals surface area contributed by atoms with E-state index in [1.807, 2.05) is 0 Å². The van der Waals surface area contributed by atoms with Crippen molar-refractivity contribution in [2.45, 2.75) is 31.0 Å². The Balaban J connectivity index is 2.49. The van der Waals surface area contributed by atoms with Gasteiger partial charge in [0, 0.05) is 5.56 Å². The maximum absolute atomic E-state index is 12.6. The first kappa shape index (κ1) is 11.7. The highest BCUT2D eigenvalue weighted by atomic mass is 35.5. The van der Waals surface area contributed by atoms with Gasteiger partial charge in [0.25, 0.3) is 0 Å². The Kier molecular flexibility index (Phi) is 2.67. The van der Waals surface area contributed by atoms with Crippen molar-refractivity contribution < 1.29 is 18.3 Å². The van der Waals surface area contributed by atoms with Crippen molar-refractivity contribution in [3.63, 3.8) is 0 Å². The Morgan fingerprint density at radius 3 is 2.31 bits per heavy atom. The minimum absolute atomic E-state index is 0.190. The van der Waals surface area contributed by atoms with Crippen LogP contribution in [0, 0.1) is 0 Å². The highest BCUT2D eigenvalue weighted by Crippen LogP contribution is 2.46. The number of benzene rings is 1. The average molecular weight is 251 g/mol. The van der Waals surface area contributed by atoms with Crippen LogP contribution in [0.2, 0.25) is 5.02 Å². The molecular formula is C11H10ClF3O. The van der Waals surface area contributed by atoms with Gasteiger partial charge in [-0.3, -0.25) is 0 Å². The van der Waals surface area contributed by atoms with Gasteiger partial charge in [0.2, 0.25) is 0 Å². The van der Waals surface area contributed by atoms with Gasteiger partial charge in [0.1, 0.15) is 0 Å². The Morgan fingerprint density at radius 2 is 1.88 bits per heavy atom. The number of hydrogen-bond donors (Lipinski definition) is 1. The van der Waals surface area contributed by atoms with E-state index in [1.165, 1.54) is 12.1 Å². The van der Waals surface area contributed by atoms with Gasteiger partial charge in [-0.2, -0.15) is 13.2 Å². The van der Waals surface area contributed by atoms with Gasteiger partial charge >= 0.3 is 6.18 Å². The highest BCUT2D eigenvalue weighted by molar-refractivity contribution is 6.32. The van der Waals surface area contributed by atoms with Crippen molar-refractivity contribution >= 4 is 11.6 Å². The third-order valence-corrected chi connectivity index (χ3v) is 3.39. The fourth-order valence-corrected chi connectivity index (χ4v) is 2.30. The molecule has 0 saturated heterocycles. The second-order valence-electron chi connectivity index (χ2n) is 4.05. The molecule has 0 spiro atoms. The molecule has 0 amide bonds. The first-order valence-electron chi connectivity index (χ1n) is 4.93. The fourth-order valence-electron chi connectivity index (χ4n) is 1.89. The number of halogens is 4. The number of alkyl halides is 3. The van der Waals surface area contributed by atoms with Crippen LogP contribution in [0.25, 0.3) is 0 Å². The van der Waals surface area contributed by atoms with Crippen molar-refractivity contribution in [1.29, 1.82) is 0 Å². The molecule has 0 unspecified atom stereocenters. The lowest BCUT2D eigenvalue weighted by Gasteiger charge is -2.38. The molecule has 88 valence electrons. The van der Waals surface area contributed by atoms with E-state index in [0.29, 0.717) is 12.8 Å². The minimum Gasteiger partial charge on any atom is -0.385 e. The van der Waals surface area contributed by atoms with Crippen LogP contribution in [0.4, 0.5) is 13.2 Å². The van der Waals surface area contributed by atoms with Crippen LogP contribution in [0.15, 0.2) is 18.2 Å². The first-order valence-corrected chi connectivity index (χ1v) is 5.31. The van der Waals surface area contributed by atoms with E-state index in [1.54, 1.807) is 0 Å². The van der Waals surface area contributed by atoms with Crippen LogP contribution in [-0.2, 0) is 11.8 Å². The average Bonchev–Trinajstić information content (AvgIpc) is 2.13. The van der Waals surface area contributed by atoms with Crippen molar-refractivity contribution in [3.8, 4) is 0 Å². The zero-order valence-corrected chi connectivity index (χ0v) is 9.07. The first-order chi connectivity index (χ1) is 7.34. The number of hydrogen-bond acceptors (Lipinski definition) is 1. The lowest BCUT2D eigenvalue weighted by Crippen LogP contribution is -2.34. The number of rotatable bonds is 1. The molecule has 1 saturated carbocycles. The molecule has 0 aromatic heterocycles. The summed E-state index contributed by atoms with van der Waals surface area (Å²) in [6.45, 7) is 0. The quantitative estimate of drug-likeness (QED) is 0.805. The Hall–Kier alpha value is -0.740. The molecule has 1 nitrogen and oxygen atoms in total. The lowest BCUT2D eigenvalue weighted by atomic mass is 9.75. The van der Waals surface area contributed by atoms with Crippen molar-refractivity contribution in [2.24, 2.45) is 0 Å². The van der Waals surface area contributed by atoms with E-state index in [0.717, 1.165) is 12.5 Å². The van der Waals surface area contributed by atoms with Crippen LogP contribution in [0.3, 0.4) is 0 Å². The molecule has 0 bridgehead atoms. The minimum atomic E-state index is -4.48. The van der Waals surface area contributed by atoms with Crippen molar-refractivity contribution in [3.05, 3.63) is 34.3 Å². The maximum atomic E-state index is 12.6. The molecule has 1 aromatic rings. The van der Waals surface area contributed by atoms with E-state index >= 15 is 0 Å². The summed E-state index contributed by atoms with van der Waals surface area (Å²) < 4.78 is 37.7. The standard InChI is InChI=1S/C11H10ClF3O/c12-9-7(10(16)5-2-6-10)3-1-4-8(9)11(13,14)15/h1,3-4,16H,2,5-6H2. The molecule has 1 aliphatic rings. The summed E-state index contributed by atoms with van der Waals surface area (Å²) in [5, 5.41) is 9.62. The van der Waals surface area contributed by atoms with Crippen molar-refractivity contribution in [1.82, 2.24) is 0 Å². The third kappa shape index (κ3) is 1.80. The van der Waals surface area contributed by atoms with E-state index in [9.17, 15) is 18.3 Å². The van der Waals surface area contributed by atoms with Gasteiger partial charge < -0.3 is 5.11 Å². The van der Waals surface area contributed by atoms with E-state index in [4.69, 9.17) is 11.6 Å². The lowest BCUT2D eigenvalue weighted by molar-refractivity contribution is -0.137. The predicted octanol–water partition coefficient (Wildman–Crippen LogP) is 3.73. The van der Waals surface area contributed by atoms with E-state index in [-0.39, 0.29) is 10.6 Å². The molecule has 0 radical (unpaired) electrons. The second-order valence-corrected chi connectivity index (χ2v) is 4.43. The van der Waals surface area contributed by atoms with E-state index < -0.39 is 17.3 Å². The molecule has 1 aliphatic carbocycles. The van der Waals surface area contributed by atoms with Gasteiger partial charge in [-0.1, -0.05) is 23.7 Å². The zero-order chi connectivity index (χ0) is 12.0. The van der Waals surface area contributed by atoms with Gasteiger partial charge in [0.05, 0.1) is 16.2 Å². The summed E-state index contributed by atoms with van der Waals surface area (Å²) in [5.74, 6) is 0. The van der Waals surface area contributed by atoms with Gasteiger partial charge in [0.15, 0.2) is 0 Å². The molecule has 1 fully saturated rings. The van der Waals surface area contributed by atoms with E-state index in [2.05, 4.69) is 0 Å². The normalized spacial score (nSPS) is 19.3. The molecule has 0 aliphatic heterocycles. The van der Waals surface area contributed by atoms with Crippen LogP contribution in [-0.4, -0.2) is 5.11 Å². The molecule has 2 rings (SSSR count). The summed E-state index contributed by atoms with van der Waals surface area (Å²) in [6.07, 6.45) is -2.74. The van der Waals surface area contributed by atoms with Crippen LogP contribution < -0.4 is 0 Å². The highest BCUT2D eigenvalue weighted by Gasteiger charge is 2.41. The van der Waals surface area contributed by atoms with Gasteiger partial charge in [-0.05, 0) is 25.3 Å². The monoisotopic (exact) mass is 250 g/mol. The number of aliphatic hydroxyl groups is 1. The molecule has 16 heavy (non-hydrogen) atoms. The van der Waals surface area contributed by atoms with Crippen molar-refractivity contribution in [2.75, 3.05) is 0 Å². The summed E-state index contributed by atoms with van der Waals surface area (Å²) in [6, 6.07) is 3.66. The molecule has 1 aromatic carbocycles. The predicted molar refractivity (Wildman–Crippen MR) is 54.2 cm³/mol. The van der Waals surface area contributed by atoms with Gasteiger partial charge in [-0.15, -0.1) is 0 Å². The SMILES string of the molecule is OC1(c2cccc(C(F)(F)F)c2Cl)CCC1. The Morgan fingerprint density at radius 1 is 1.25 bits per heavy atom. The topological polar surface area (TPSA) is 20.2 Å².